The number of carbonyl (C=O) groups excluding carboxylic acids is 1. The van der Waals surface area contributed by atoms with E-state index in [1.807, 2.05) is 0 Å². The van der Waals surface area contributed by atoms with Gasteiger partial charge in [0.1, 0.15) is 11.3 Å². The minimum absolute atomic E-state index is 0.0460. The van der Waals surface area contributed by atoms with Crippen molar-refractivity contribution in [3.63, 3.8) is 0 Å². The van der Waals surface area contributed by atoms with Gasteiger partial charge in [0.05, 0.1) is 17.3 Å². The fourth-order valence-corrected chi connectivity index (χ4v) is 3.31. The number of aromatic carboxylic acids is 1. The molecular weight excluding hydrogens is 368 g/mol. The molecule has 1 aromatic carbocycles. The van der Waals surface area contributed by atoms with Crippen LogP contribution in [0, 0.1) is 0 Å². The molecule has 0 bridgehead atoms. The Labute approximate surface area is 153 Å². The van der Waals surface area contributed by atoms with E-state index in [1.165, 1.54) is 34.7 Å². The van der Waals surface area contributed by atoms with Crippen molar-refractivity contribution in [1.82, 2.24) is 9.78 Å². The van der Waals surface area contributed by atoms with Gasteiger partial charge in [-0.25, -0.2) is 13.6 Å². The Morgan fingerprint density at radius 1 is 1.46 bits per heavy atom. The normalized spacial score (nSPS) is 17.3. The Bertz CT molecular complexity index is 897. The number of anilines is 1. The van der Waals surface area contributed by atoms with Gasteiger partial charge in [-0.15, -0.1) is 0 Å². The lowest BCUT2D eigenvalue weighted by Crippen LogP contribution is -2.43. The van der Waals surface area contributed by atoms with Crippen LogP contribution in [0.3, 0.4) is 0 Å². The minimum Gasteiger partial charge on any atom is -0.478 e. The quantitative estimate of drug-likeness (QED) is 0.867. The maximum atomic E-state index is 13.9. The van der Waals surface area contributed by atoms with Crippen molar-refractivity contribution in [3.8, 4) is 0 Å². The van der Waals surface area contributed by atoms with E-state index in [9.17, 15) is 23.5 Å². The van der Waals surface area contributed by atoms with Crippen LogP contribution in [-0.4, -0.2) is 33.3 Å². The van der Waals surface area contributed by atoms with Crippen LogP contribution in [0.2, 0.25) is 5.02 Å². The Morgan fingerprint density at radius 2 is 2.15 bits per heavy atom. The van der Waals surface area contributed by atoms with E-state index >= 15 is 0 Å². The van der Waals surface area contributed by atoms with E-state index in [0.29, 0.717) is 5.69 Å². The summed E-state index contributed by atoms with van der Waals surface area (Å²) in [6, 6.07) is 3.61. The van der Waals surface area contributed by atoms with Crippen molar-refractivity contribution in [1.29, 1.82) is 0 Å². The third kappa shape index (κ3) is 2.84. The van der Waals surface area contributed by atoms with Gasteiger partial charge in [-0.3, -0.25) is 9.48 Å². The first-order valence-electron chi connectivity index (χ1n) is 7.98. The molecule has 0 saturated heterocycles. The summed E-state index contributed by atoms with van der Waals surface area (Å²) in [6.07, 6.45) is 0.736. The van der Waals surface area contributed by atoms with Gasteiger partial charge in [0.2, 0.25) is 0 Å². The molecule has 9 heteroatoms. The van der Waals surface area contributed by atoms with E-state index in [4.69, 9.17) is 11.6 Å². The number of fused-ring (bicyclic) bond motifs is 1. The van der Waals surface area contributed by atoms with Crippen molar-refractivity contribution >= 4 is 29.2 Å². The summed E-state index contributed by atoms with van der Waals surface area (Å²) in [5.74, 6) is -4.89. The molecule has 1 unspecified atom stereocenters. The van der Waals surface area contributed by atoms with Crippen LogP contribution in [-0.2, 0) is 5.92 Å². The second-order valence-corrected chi connectivity index (χ2v) is 6.55. The topological polar surface area (TPSA) is 75.4 Å². The lowest BCUT2D eigenvalue weighted by Gasteiger charge is -2.32. The standard InChI is InChI=1S/C17H16ClF2N3O3/c1-3-17(19,20)12-5-4-10(6-13(12)18)22-8-9(2)23-14(15(22)24)11(7-21-23)16(25)26/h4-7,9H,3,8H2,1-2H3,(H,25,26). The van der Waals surface area contributed by atoms with Crippen molar-refractivity contribution < 1.29 is 23.5 Å². The number of carbonyl (C=O) groups is 2. The molecule has 1 aliphatic heterocycles. The largest absolute Gasteiger partial charge is 0.478 e. The number of alkyl halides is 2. The highest BCUT2D eigenvalue weighted by Gasteiger charge is 2.36. The lowest BCUT2D eigenvalue weighted by atomic mass is 10.0. The molecule has 0 spiro atoms. The molecule has 1 aromatic heterocycles. The van der Waals surface area contributed by atoms with Crippen LogP contribution < -0.4 is 4.90 Å². The highest BCUT2D eigenvalue weighted by Crippen LogP contribution is 2.38. The molecule has 0 radical (unpaired) electrons. The number of aromatic nitrogens is 2. The zero-order valence-corrected chi connectivity index (χ0v) is 14.8. The number of nitrogens with zero attached hydrogens (tertiary/aromatic N) is 3. The van der Waals surface area contributed by atoms with Gasteiger partial charge in [-0.05, 0) is 25.1 Å². The van der Waals surface area contributed by atoms with Gasteiger partial charge in [-0.1, -0.05) is 18.5 Å². The maximum absolute atomic E-state index is 13.9. The molecule has 2 aromatic rings. The molecule has 0 fully saturated rings. The SMILES string of the molecule is CCC(F)(F)c1ccc(N2CC(C)n3ncc(C(=O)O)c3C2=O)cc1Cl. The monoisotopic (exact) mass is 383 g/mol. The predicted octanol–water partition coefficient (Wildman–Crippen LogP) is 3.96. The number of halogens is 3. The number of carboxylic acids is 1. The minimum atomic E-state index is -3.07. The van der Waals surface area contributed by atoms with Gasteiger partial charge >= 0.3 is 5.97 Å². The number of benzene rings is 1. The van der Waals surface area contributed by atoms with Crippen LogP contribution in [0.4, 0.5) is 14.5 Å². The maximum Gasteiger partial charge on any atom is 0.339 e. The molecule has 3 rings (SSSR count). The van der Waals surface area contributed by atoms with Crippen LogP contribution in [0.1, 0.15) is 52.7 Å². The van der Waals surface area contributed by atoms with E-state index in [-0.39, 0.29) is 34.4 Å². The van der Waals surface area contributed by atoms with Crippen molar-refractivity contribution in [3.05, 3.63) is 46.2 Å². The average Bonchev–Trinajstić information content (AvgIpc) is 3.04. The number of amides is 1. The fraction of sp³-hybridized carbons (Fsp3) is 0.353. The molecule has 138 valence electrons. The Hall–Kier alpha value is -2.48. The van der Waals surface area contributed by atoms with Crippen LogP contribution in [0.15, 0.2) is 24.4 Å². The predicted molar refractivity (Wildman–Crippen MR) is 91.2 cm³/mol. The first-order chi connectivity index (χ1) is 12.2. The number of carboxylic acid groups (broad SMARTS) is 1. The summed E-state index contributed by atoms with van der Waals surface area (Å²) in [5.41, 5.74) is -0.229. The Kier molecular flexibility index (Phi) is 4.47. The highest BCUT2D eigenvalue weighted by atomic mass is 35.5. The van der Waals surface area contributed by atoms with E-state index in [0.717, 1.165) is 6.20 Å². The van der Waals surface area contributed by atoms with Gasteiger partial charge in [-0.2, -0.15) is 5.10 Å². The molecule has 0 aliphatic carbocycles. The molecular formula is C17H16ClF2N3O3. The van der Waals surface area contributed by atoms with E-state index in [2.05, 4.69) is 5.10 Å². The summed E-state index contributed by atoms with van der Waals surface area (Å²) in [7, 11) is 0. The number of hydrogen-bond acceptors (Lipinski definition) is 3. The van der Waals surface area contributed by atoms with E-state index in [1.54, 1.807) is 6.92 Å². The van der Waals surface area contributed by atoms with Crippen LogP contribution in [0.25, 0.3) is 0 Å². The lowest BCUT2D eigenvalue weighted by molar-refractivity contribution is -0.00816. The molecule has 0 saturated carbocycles. The Morgan fingerprint density at radius 3 is 2.73 bits per heavy atom. The summed E-state index contributed by atoms with van der Waals surface area (Å²) >= 11 is 6.03. The molecule has 1 amide bonds. The van der Waals surface area contributed by atoms with Crippen molar-refractivity contribution in [2.24, 2.45) is 0 Å². The average molecular weight is 384 g/mol. The van der Waals surface area contributed by atoms with Gasteiger partial charge in [0.25, 0.3) is 11.8 Å². The third-order valence-corrected chi connectivity index (χ3v) is 4.75. The number of hydrogen-bond donors (Lipinski definition) is 1. The molecule has 2 heterocycles. The van der Waals surface area contributed by atoms with Gasteiger partial charge < -0.3 is 10.0 Å². The van der Waals surface area contributed by atoms with Crippen LogP contribution >= 0.6 is 11.6 Å². The molecule has 26 heavy (non-hydrogen) atoms. The fourth-order valence-electron chi connectivity index (χ4n) is 3.00. The Balaban J connectivity index is 2.03. The number of rotatable bonds is 4. The first kappa shape index (κ1) is 18.3. The van der Waals surface area contributed by atoms with Crippen molar-refractivity contribution in [2.75, 3.05) is 11.4 Å². The third-order valence-electron chi connectivity index (χ3n) is 4.44. The molecule has 1 N–H and O–H groups in total. The van der Waals surface area contributed by atoms with Crippen molar-refractivity contribution in [2.45, 2.75) is 32.2 Å². The molecule has 6 nitrogen and oxygen atoms in total. The summed E-state index contributed by atoms with van der Waals surface area (Å²) in [6.45, 7) is 3.35. The molecule has 1 aliphatic rings. The molecule has 1 atom stereocenters. The smallest absolute Gasteiger partial charge is 0.339 e. The summed E-state index contributed by atoms with van der Waals surface area (Å²) in [5, 5.41) is 13.1. The zero-order valence-electron chi connectivity index (χ0n) is 14.0. The zero-order chi connectivity index (χ0) is 19.2. The van der Waals surface area contributed by atoms with Crippen LogP contribution in [0.5, 0.6) is 0 Å². The summed E-state index contributed by atoms with van der Waals surface area (Å²) < 4.78 is 29.2. The first-order valence-corrected chi connectivity index (χ1v) is 8.35. The highest BCUT2D eigenvalue weighted by molar-refractivity contribution is 6.32. The summed E-state index contributed by atoms with van der Waals surface area (Å²) in [4.78, 5) is 25.5. The second-order valence-electron chi connectivity index (χ2n) is 6.14. The van der Waals surface area contributed by atoms with Gasteiger partial charge in [0.15, 0.2) is 0 Å². The van der Waals surface area contributed by atoms with E-state index < -0.39 is 24.2 Å². The van der Waals surface area contributed by atoms with Gasteiger partial charge in [0, 0.05) is 24.2 Å². The second kappa shape index (κ2) is 6.35.